The molecule has 1 aromatic carbocycles. The van der Waals surface area contributed by atoms with Gasteiger partial charge in [-0.05, 0) is 30.9 Å². The molecule has 0 amide bonds. The lowest BCUT2D eigenvalue weighted by atomic mass is 9.92. The van der Waals surface area contributed by atoms with Crippen LogP contribution in [0, 0.1) is 18.7 Å². The Morgan fingerprint density at radius 3 is 2.65 bits per heavy atom. The highest BCUT2D eigenvalue weighted by Gasteiger charge is 2.17. The van der Waals surface area contributed by atoms with E-state index in [0.29, 0.717) is 11.5 Å². The van der Waals surface area contributed by atoms with E-state index in [-0.39, 0.29) is 11.9 Å². The zero-order valence-electron chi connectivity index (χ0n) is 11.0. The van der Waals surface area contributed by atoms with E-state index >= 15 is 0 Å². The number of hydrogen-bond donors (Lipinski definition) is 2. The van der Waals surface area contributed by atoms with E-state index < -0.39 is 0 Å². The summed E-state index contributed by atoms with van der Waals surface area (Å²) in [4.78, 5) is 0. The van der Waals surface area contributed by atoms with Gasteiger partial charge < -0.3 is 0 Å². The normalized spacial score (nSPS) is 14.6. The number of nitrogens with one attached hydrogen (secondary N) is 1. The lowest BCUT2D eigenvalue weighted by molar-refractivity contribution is 0.385. The molecule has 1 rings (SSSR count). The van der Waals surface area contributed by atoms with Crippen molar-refractivity contribution in [2.75, 3.05) is 0 Å². The van der Waals surface area contributed by atoms with Gasteiger partial charge in [0.15, 0.2) is 0 Å². The Bertz CT molecular complexity index is 352. The molecule has 0 aliphatic carbocycles. The molecule has 0 heterocycles. The minimum absolute atomic E-state index is 0.0999. The molecule has 96 valence electrons. The molecule has 0 radical (unpaired) electrons. The van der Waals surface area contributed by atoms with Crippen molar-refractivity contribution < 1.29 is 4.39 Å². The molecule has 0 aliphatic rings. The fourth-order valence-corrected chi connectivity index (χ4v) is 2.21. The van der Waals surface area contributed by atoms with Gasteiger partial charge >= 0.3 is 0 Å². The highest BCUT2D eigenvalue weighted by Crippen LogP contribution is 2.25. The van der Waals surface area contributed by atoms with Crippen LogP contribution >= 0.6 is 0 Å². The molecule has 2 atom stereocenters. The third-order valence-electron chi connectivity index (χ3n) is 3.15. The largest absolute Gasteiger partial charge is 0.271 e. The van der Waals surface area contributed by atoms with Gasteiger partial charge in [-0.3, -0.25) is 11.3 Å². The molecular formula is C14H23FN2. The van der Waals surface area contributed by atoms with Crippen molar-refractivity contribution >= 4 is 0 Å². The van der Waals surface area contributed by atoms with E-state index in [4.69, 9.17) is 5.84 Å². The first kappa shape index (κ1) is 14.1. The number of aryl methyl sites for hydroxylation is 1. The number of halogens is 1. The first-order valence-electron chi connectivity index (χ1n) is 6.30. The van der Waals surface area contributed by atoms with Crippen LogP contribution in [0.25, 0.3) is 0 Å². The number of hydrogen-bond acceptors (Lipinski definition) is 2. The summed E-state index contributed by atoms with van der Waals surface area (Å²) in [6.45, 7) is 6.23. The Morgan fingerprint density at radius 2 is 2.12 bits per heavy atom. The Kier molecular flexibility index (Phi) is 5.59. The van der Waals surface area contributed by atoms with Crippen LogP contribution in [0.5, 0.6) is 0 Å². The molecule has 2 nitrogen and oxygen atoms in total. The summed E-state index contributed by atoms with van der Waals surface area (Å²) in [5.41, 5.74) is 4.33. The molecule has 1 aromatic rings. The van der Waals surface area contributed by atoms with Crippen LogP contribution in [-0.4, -0.2) is 0 Å². The molecule has 0 spiro atoms. The van der Waals surface area contributed by atoms with Crippen molar-refractivity contribution in [3.63, 3.8) is 0 Å². The molecule has 0 saturated carbocycles. The molecule has 0 aromatic heterocycles. The van der Waals surface area contributed by atoms with E-state index in [9.17, 15) is 4.39 Å². The molecule has 0 bridgehead atoms. The first-order valence-corrected chi connectivity index (χ1v) is 6.30. The van der Waals surface area contributed by atoms with E-state index in [1.54, 1.807) is 6.07 Å². The zero-order valence-corrected chi connectivity index (χ0v) is 11.0. The average molecular weight is 238 g/mol. The van der Waals surface area contributed by atoms with Gasteiger partial charge in [-0.2, -0.15) is 0 Å². The summed E-state index contributed by atoms with van der Waals surface area (Å²) in [6.07, 6.45) is 3.16. The van der Waals surface area contributed by atoms with E-state index in [1.165, 1.54) is 0 Å². The molecule has 17 heavy (non-hydrogen) atoms. The molecular weight excluding hydrogens is 215 g/mol. The lowest BCUT2D eigenvalue weighted by Gasteiger charge is -2.21. The van der Waals surface area contributed by atoms with Gasteiger partial charge in [-0.25, -0.2) is 4.39 Å². The quantitative estimate of drug-likeness (QED) is 0.588. The summed E-state index contributed by atoms with van der Waals surface area (Å²) < 4.78 is 13.8. The van der Waals surface area contributed by atoms with Crippen molar-refractivity contribution in [1.82, 2.24) is 5.43 Å². The van der Waals surface area contributed by atoms with Gasteiger partial charge in [-0.15, -0.1) is 0 Å². The third-order valence-corrected chi connectivity index (χ3v) is 3.15. The highest BCUT2D eigenvalue weighted by atomic mass is 19.1. The second kappa shape index (κ2) is 6.72. The topological polar surface area (TPSA) is 38.0 Å². The lowest BCUT2D eigenvalue weighted by Crippen LogP contribution is -2.30. The maximum Gasteiger partial charge on any atom is 0.128 e. The number of rotatable bonds is 6. The second-order valence-corrected chi connectivity index (χ2v) is 4.87. The van der Waals surface area contributed by atoms with Crippen LogP contribution in [-0.2, 0) is 0 Å². The fourth-order valence-electron chi connectivity index (χ4n) is 2.21. The van der Waals surface area contributed by atoms with Crippen molar-refractivity contribution in [1.29, 1.82) is 0 Å². The molecule has 0 saturated heterocycles. The second-order valence-electron chi connectivity index (χ2n) is 4.87. The van der Waals surface area contributed by atoms with Gasteiger partial charge in [0.2, 0.25) is 0 Å². The smallest absolute Gasteiger partial charge is 0.128 e. The number of benzene rings is 1. The predicted molar refractivity (Wildman–Crippen MR) is 69.9 cm³/mol. The third kappa shape index (κ3) is 4.10. The van der Waals surface area contributed by atoms with Crippen LogP contribution in [0.4, 0.5) is 4.39 Å². The van der Waals surface area contributed by atoms with Crippen molar-refractivity contribution in [3.8, 4) is 0 Å². The van der Waals surface area contributed by atoms with Crippen LogP contribution in [0.1, 0.15) is 50.3 Å². The molecule has 0 aliphatic heterocycles. The Hall–Kier alpha value is -0.930. The van der Waals surface area contributed by atoms with E-state index in [1.807, 2.05) is 19.1 Å². The highest BCUT2D eigenvalue weighted by molar-refractivity contribution is 5.26. The van der Waals surface area contributed by atoms with Gasteiger partial charge in [0.1, 0.15) is 5.82 Å². The van der Waals surface area contributed by atoms with Crippen LogP contribution in [0.15, 0.2) is 18.2 Å². The summed E-state index contributed by atoms with van der Waals surface area (Å²) in [5, 5.41) is 0. The SMILES string of the molecule is CCCC(C)CC(NN)c1ccc(C)cc1F. The predicted octanol–water partition coefficient (Wildman–Crippen LogP) is 3.46. The van der Waals surface area contributed by atoms with Crippen molar-refractivity contribution in [2.45, 2.75) is 46.1 Å². The van der Waals surface area contributed by atoms with Crippen molar-refractivity contribution in [3.05, 3.63) is 35.1 Å². The summed E-state index contributed by atoms with van der Waals surface area (Å²) in [6, 6.07) is 5.21. The van der Waals surface area contributed by atoms with Gasteiger partial charge in [0.05, 0.1) is 0 Å². The maximum atomic E-state index is 13.8. The van der Waals surface area contributed by atoms with Gasteiger partial charge in [-0.1, -0.05) is 38.8 Å². The maximum absolute atomic E-state index is 13.8. The number of nitrogens with two attached hydrogens (primary N) is 1. The standard InChI is InChI=1S/C14H23FN2/c1-4-5-10(2)9-14(17-16)12-7-6-11(3)8-13(12)15/h6-8,10,14,17H,4-5,9,16H2,1-3H3. The van der Waals surface area contributed by atoms with Crippen molar-refractivity contribution in [2.24, 2.45) is 11.8 Å². The van der Waals surface area contributed by atoms with Gasteiger partial charge in [0.25, 0.3) is 0 Å². The monoisotopic (exact) mass is 238 g/mol. The summed E-state index contributed by atoms with van der Waals surface area (Å²) in [7, 11) is 0. The molecule has 3 N–H and O–H groups in total. The van der Waals surface area contributed by atoms with E-state index in [0.717, 1.165) is 24.8 Å². The summed E-state index contributed by atoms with van der Waals surface area (Å²) in [5.74, 6) is 5.91. The Labute approximate surface area is 103 Å². The zero-order chi connectivity index (χ0) is 12.8. The Balaban J connectivity index is 2.79. The minimum atomic E-state index is -0.170. The molecule has 3 heteroatoms. The Morgan fingerprint density at radius 1 is 1.41 bits per heavy atom. The van der Waals surface area contributed by atoms with Crippen LogP contribution in [0.2, 0.25) is 0 Å². The van der Waals surface area contributed by atoms with Crippen LogP contribution < -0.4 is 11.3 Å². The van der Waals surface area contributed by atoms with E-state index in [2.05, 4.69) is 19.3 Å². The number of hydrazine groups is 1. The first-order chi connectivity index (χ1) is 8.08. The molecule has 2 unspecified atom stereocenters. The average Bonchev–Trinajstić information content (AvgIpc) is 2.27. The van der Waals surface area contributed by atoms with Crippen LogP contribution in [0.3, 0.4) is 0 Å². The summed E-state index contributed by atoms with van der Waals surface area (Å²) >= 11 is 0. The minimum Gasteiger partial charge on any atom is -0.271 e. The fraction of sp³-hybridized carbons (Fsp3) is 0.571. The van der Waals surface area contributed by atoms with Gasteiger partial charge in [0, 0.05) is 11.6 Å². The molecule has 0 fully saturated rings.